The van der Waals surface area contributed by atoms with Gasteiger partial charge in [0.25, 0.3) is 0 Å². The standard InChI is InChI=1S/C13H22N4/c1-3-11-9-16-6-4-5-12(16)10-17(11)13-7-14-15(2)8-13/h7-8,11-12H,3-6,9-10H2,1-2H3. The van der Waals surface area contributed by atoms with Gasteiger partial charge in [0.15, 0.2) is 0 Å². The van der Waals surface area contributed by atoms with Crippen LogP contribution in [0.4, 0.5) is 5.69 Å². The normalized spacial score (nSPS) is 29.6. The molecule has 2 atom stereocenters. The molecule has 3 heterocycles. The number of hydrogen-bond donors (Lipinski definition) is 0. The van der Waals surface area contributed by atoms with Crippen LogP contribution in [-0.2, 0) is 7.05 Å². The van der Waals surface area contributed by atoms with Crippen molar-refractivity contribution in [3.63, 3.8) is 0 Å². The van der Waals surface area contributed by atoms with E-state index in [9.17, 15) is 0 Å². The first-order valence-electron chi connectivity index (χ1n) is 6.77. The zero-order valence-electron chi connectivity index (χ0n) is 10.8. The first-order chi connectivity index (χ1) is 8.28. The summed E-state index contributed by atoms with van der Waals surface area (Å²) in [7, 11) is 2.00. The van der Waals surface area contributed by atoms with Crippen molar-refractivity contribution in [3.05, 3.63) is 12.4 Å². The number of nitrogens with zero attached hydrogens (tertiary/aromatic N) is 4. The Bertz CT molecular complexity index is 387. The first-order valence-corrected chi connectivity index (χ1v) is 6.77. The second-order valence-electron chi connectivity index (χ2n) is 5.38. The Kier molecular flexibility index (Phi) is 2.82. The van der Waals surface area contributed by atoms with Gasteiger partial charge in [-0.25, -0.2) is 0 Å². The second kappa shape index (κ2) is 4.33. The highest BCUT2D eigenvalue weighted by molar-refractivity contribution is 5.44. The van der Waals surface area contributed by atoms with E-state index in [1.165, 1.54) is 44.6 Å². The Morgan fingerprint density at radius 1 is 1.41 bits per heavy atom. The predicted octanol–water partition coefficient (Wildman–Crippen LogP) is 1.48. The minimum absolute atomic E-state index is 0.661. The Balaban J connectivity index is 1.82. The minimum Gasteiger partial charge on any atom is -0.363 e. The first kappa shape index (κ1) is 11.1. The van der Waals surface area contributed by atoms with Crippen LogP contribution >= 0.6 is 0 Å². The molecule has 0 spiro atoms. The topological polar surface area (TPSA) is 24.3 Å². The third kappa shape index (κ3) is 1.95. The highest BCUT2D eigenvalue weighted by atomic mass is 15.3. The fourth-order valence-corrected chi connectivity index (χ4v) is 3.31. The van der Waals surface area contributed by atoms with Gasteiger partial charge in [-0.3, -0.25) is 9.58 Å². The molecule has 4 nitrogen and oxygen atoms in total. The molecule has 0 amide bonds. The van der Waals surface area contributed by atoms with E-state index in [1.807, 2.05) is 17.9 Å². The largest absolute Gasteiger partial charge is 0.363 e. The smallest absolute Gasteiger partial charge is 0.0755 e. The van der Waals surface area contributed by atoms with Crippen molar-refractivity contribution in [2.75, 3.05) is 24.5 Å². The molecule has 4 heteroatoms. The fraction of sp³-hybridized carbons (Fsp3) is 0.769. The van der Waals surface area contributed by atoms with E-state index in [1.54, 1.807) is 0 Å². The molecular formula is C13H22N4. The molecule has 0 saturated carbocycles. The molecule has 1 aromatic heterocycles. The van der Waals surface area contributed by atoms with Gasteiger partial charge in [0.2, 0.25) is 0 Å². The molecule has 17 heavy (non-hydrogen) atoms. The van der Waals surface area contributed by atoms with E-state index in [2.05, 4.69) is 28.0 Å². The molecule has 2 unspecified atom stereocenters. The number of fused-ring (bicyclic) bond motifs is 1. The quantitative estimate of drug-likeness (QED) is 0.775. The van der Waals surface area contributed by atoms with Crippen molar-refractivity contribution in [2.45, 2.75) is 38.3 Å². The maximum atomic E-state index is 4.31. The van der Waals surface area contributed by atoms with Crippen molar-refractivity contribution >= 4 is 5.69 Å². The maximum Gasteiger partial charge on any atom is 0.0755 e. The molecule has 2 fully saturated rings. The molecule has 2 aliphatic rings. The predicted molar refractivity (Wildman–Crippen MR) is 69.2 cm³/mol. The van der Waals surface area contributed by atoms with E-state index < -0.39 is 0 Å². The van der Waals surface area contributed by atoms with Crippen molar-refractivity contribution in [2.24, 2.45) is 7.05 Å². The van der Waals surface area contributed by atoms with Crippen LogP contribution in [0.25, 0.3) is 0 Å². The Labute approximate surface area is 103 Å². The van der Waals surface area contributed by atoms with Crippen LogP contribution in [0.15, 0.2) is 12.4 Å². The lowest BCUT2D eigenvalue weighted by Crippen LogP contribution is -2.56. The third-order valence-corrected chi connectivity index (χ3v) is 4.29. The van der Waals surface area contributed by atoms with Crippen LogP contribution in [0.2, 0.25) is 0 Å². The summed E-state index contributed by atoms with van der Waals surface area (Å²) < 4.78 is 1.91. The molecule has 2 saturated heterocycles. The van der Waals surface area contributed by atoms with Crippen molar-refractivity contribution < 1.29 is 0 Å². The van der Waals surface area contributed by atoms with Gasteiger partial charge < -0.3 is 4.90 Å². The van der Waals surface area contributed by atoms with Gasteiger partial charge in [0.05, 0.1) is 11.9 Å². The van der Waals surface area contributed by atoms with E-state index in [-0.39, 0.29) is 0 Å². The average molecular weight is 234 g/mol. The molecule has 0 bridgehead atoms. The zero-order chi connectivity index (χ0) is 11.8. The van der Waals surface area contributed by atoms with Crippen molar-refractivity contribution in [1.29, 1.82) is 0 Å². The summed E-state index contributed by atoms with van der Waals surface area (Å²) in [6, 6.07) is 1.44. The Morgan fingerprint density at radius 3 is 3.00 bits per heavy atom. The van der Waals surface area contributed by atoms with E-state index >= 15 is 0 Å². The molecule has 0 aliphatic carbocycles. The lowest BCUT2D eigenvalue weighted by molar-refractivity contribution is 0.194. The van der Waals surface area contributed by atoms with Gasteiger partial charge in [-0.1, -0.05) is 6.92 Å². The van der Waals surface area contributed by atoms with E-state index in [0.717, 1.165) is 6.04 Å². The highest BCUT2D eigenvalue weighted by Gasteiger charge is 2.35. The fourth-order valence-electron chi connectivity index (χ4n) is 3.31. The summed E-state index contributed by atoms with van der Waals surface area (Å²) >= 11 is 0. The number of aromatic nitrogens is 2. The van der Waals surface area contributed by atoms with E-state index in [4.69, 9.17) is 0 Å². The third-order valence-electron chi connectivity index (χ3n) is 4.29. The molecular weight excluding hydrogens is 212 g/mol. The molecule has 1 aromatic rings. The van der Waals surface area contributed by atoms with Gasteiger partial charge in [-0.2, -0.15) is 5.10 Å². The van der Waals surface area contributed by atoms with Crippen LogP contribution < -0.4 is 4.90 Å². The summed E-state index contributed by atoms with van der Waals surface area (Å²) in [5.74, 6) is 0. The molecule has 0 N–H and O–H groups in total. The van der Waals surface area contributed by atoms with Gasteiger partial charge in [-0.15, -0.1) is 0 Å². The van der Waals surface area contributed by atoms with Crippen LogP contribution in [0.1, 0.15) is 26.2 Å². The number of anilines is 1. The number of piperazine rings is 1. The van der Waals surface area contributed by atoms with Gasteiger partial charge in [0, 0.05) is 38.4 Å². The summed E-state index contributed by atoms with van der Waals surface area (Å²) in [5.41, 5.74) is 1.30. The van der Waals surface area contributed by atoms with Gasteiger partial charge >= 0.3 is 0 Å². The van der Waals surface area contributed by atoms with E-state index in [0.29, 0.717) is 6.04 Å². The highest BCUT2D eigenvalue weighted by Crippen LogP contribution is 2.29. The summed E-state index contributed by atoms with van der Waals surface area (Å²) in [4.78, 5) is 5.25. The molecule has 2 aliphatic heterocycles. The van der Waals surface area contributed by atoms with Crippen molar-refractivity contribution in [3.8, 4) is 0 Å². The van der Waals surface area contributed by atoms with Crippen LogP contribution in [0.3, 0.4) is 0 Å². The second-order valence-corrected chi connectivity index (χ2v) is 5.38. The number of aryl methyl sites for hydroxylation is 1. The lowest BCUT2D eigenvalue weighted by Gasteiger charge is -2.44. The zero-order valence-corrected chi connectivity index (χ0v) is 10.8. The Hall–Kier alpha value is -1.03. The van der Waals surface area contributed by atoms with Crippen LogP contribution in [0, 0.1) is 0 Å². The molecule has 0 radical (unpaired) electrons. The van der Waals surface area contributed by atoms with Gasteiger partial charge in [0.1, 0.15) is 0 Å². The number of rotatable bonds is 2. The molecule has 0 aromatic carbocycles. The monoisotopic (exact) mass is 234 g/mol. The summed E-state index contributed by atoms with van der Waals surface area (Å²) in [6.07, 6.45) is 8.12. The Morgan fingerprint density at radius 2 is 2.29 bits per heavy atom. The lowest BCUT2D eigenvalue weighted by atomic mass is 10.0. The average Bonchev–Trinajstić information content (AvgIpc) is 2.94. The van der Waals surface area contributed by atoms with Crippen molar-refractivity contribution in [1.82, 2.24) is 14.7 Å². The summed E-state index contributed by atoms with van der Waals surface area (Å²) in [6.45, 7) is 6.02. The van der Waals surface area contributed by atoms with Crippen LogP contribution in [0.5, 0.6) is 0 Å². The number of hydrogen-bond acceptors (Lipinski definition) is 3. The van der Waals surface area contributed by atoms with Gasteiger partial charge in [-0.05, 0) is 25.8 Å². The molecule has 3 rings (SSSR count). The summed E-state index contributed by atoms with van der Waals surface area (Å²) in [5, 5.41) is 4.31. The SMILES string of the molecule is CCC1CN2CCCC2CN1c1cnn(C)c1. The minimum atomic E-state index is 0.661. The maximum absolute atomic E-state index is 4.31. The molecule has 94 valence electrons. The van der Waals surface area contributed by atoms with Crippen LogP contribution in [-0.4, -0.2) is 46.4 Å².